The van der Waals surface area contributed by atoms with Crippen LogP contribution in [0, 0.1) is 0 Å². The number of likely N-dealkylation sites (N-methyl/N-ethyl adjacent to an activating group) is 1. The molecule has 1 saturated heterocycles. The molecule has 0 bridgehead atoms. The molecule has 0 radical (unpaired) electrons. The summed E-state index contributed by atoms with van der Waals surface area (Å²) in [6.07, 6.45) is 2.09. The number of hydrogen-bond donors (Lipinski definition) is 3. The topological polar surface area (TPSA) is 109 Å². The second-order valence-electron chi connectivity index (χ2n) is 8.66. The van der Waals surface area contributed by atoms with E-state index in [-0.39, 0.29) is 17.7 Å². The van der Waals surface area contributed by atoms with Gasteiger partial charge in [0.05, 0.1) is 0 Å². The Labute approximate surface area is 206 Å². The van der Waals surface area contributed by atoms with Crippen molar-refractivity contribution in [3.63, 3.8) is 0 Å². The third-order valence-electron chi connectivity index (χ3n) is 5.71. The maximum atomic E-state index is 12.8. The van der Waals surface area contributed by atoms with Gasteiger partial charge in [-0.1, -0.05) is 12.1 Å². The lowest BCUT2D eigenvalue weighted by molar-refractivity contribution is -0.115. The maximum absolute atomic E-state index is 12.8. The normalized spacial score (nSPS) is 13.8. The molecule has 188 valence electrons. The van der Waals surface area contributed by atoms with E-state index in [4.69, 9.17) is 9.47 Å². The Morgan fingerprint density at radius 3 is 2.29 bits per heavy atom. The Kier molecular flexibility index (Phi) is 9.63. The summed E-state index contributed by atoms with van der Waals surface area (Å²) in [5, 5.41) is 8.17. The zero-order valence-corrected chi connectivity index (χ0v) is 20.6. The predicted molar refractivity (Wildman–Crippen MR) is 135 cm³/mol. The molecule has 3 amide bonds. The molecule has 2 aromatic carbocycles. The predicted octanol–water partition coefficient (Wildman–Crippen LogP) is 3.02. The zero-order chi connectivity index (χ0) is 25.2. The molecule has 3 N–H and O–H groups in total. The fourth-order valence-electron chi connectivity index (χ4n) is 3.96. The van der Waals surface area contributed by atoms with E-state index in [1.54, 1.807) is 18.2 Å². The number of nitrogens with zero attached hydrogens (tertiary/aromatic N) is 1. The molecular weight excluding hydrogens is 448 g/mol. The molecule has 0 aromatic heterocycles. The Bertz CT molecular complexity index is 1000. The number of anilines is 2. The highest BCUT2D eigenvalue weighted by atomic mass is 16.5. The molecule has 1 aliphatic rings. The smallest absolute Gasteiger partial charge is 0.251 e. The Hall–Kier alpha value is -3.43. The lowest BCUT2D eigenvalue weighted by Gasteiger charge is -2.31. The summed E-state index contributed by atoms with van der Waals surface area (Å²) in [5.74, 6) is -0.120. The lowest BCUT2D eigenvalue weighted by atomic mass is 10.1. The van der Waals surface area contributed by atoms with E-state index in [9.17, 15) is 14.4 Å². The summed E-state index contributed by atoms with van der Waals surface area (Å²) < 4.78 is 11.4. The van der Waals surface area contributed by atoms with Gasteiger partial charge in [0.15, 0.2) is 0 Å². The first-order chi connectivity index (χ1) is 16.8. The van der Waals surface area contributed by atoms with Crippen LogP contribution in [0.4, 0.5) is 11.4 Å². The molecule has 0 atom stereocenters. The van der Waals surface area contributed by atoms with Crippen molar-refractivity contribution >= 4 is 29.1 Å². The van der Waals surface area contributed by atoms with Crippen LogP contribution in [0.25, 0.3) is 0 Å². The second-order valence-corrected chi connectivity index (χ2v) is 8.66. The Morgan fingerprint density at radius 2 is 1.66 bits per heavy atom. The minimum absolute atomic E-state index is 0.271. The summed E-state index contributed by atoms with van der Waals surface area (Å²) in [7, 11) is 2.11. The molecule has 35 heavy (non-hydrogen) atoms. The van der Waals surface area contributed by atoms with E-state index >= 15 is 0 Å². The number of hydrogen-bond acceptors (Lipinski definition) is 6. The lowest BCUT2D eigenvalue weighted by Crippen LogP contribution is -2.38. The largest absolute Gasteiger partial charge is 0.492 e. The van der Waals surface area contributed by atoms with Crippen LogP contribution in [-0.4, -0.2) is 62.1 Å². The molecule has 9 nitrogen and oxygen atoms in total. The van der Waals surface area contributed by atoms with Crippen LogP contribution in [0.3, 0.4) is 0 Å². The van der Waals surface area contributed by atoms with E-state index in [0.717, 1.165) is 43.9 Å². The van der Waals surface area contributed by atoms with Crippen molar-refractivity contribution in [2.24, 2.45) is 0 Å². The number of benzene rings is 2. The molecule has 1 fully saturated rings. The van der Waals surface area contributed by atoms with Gasteiger partial charge in [-0.2, -0.15) is 0 Å². The maximum Gasteiger partial charge on any atom is 0.251 e. The molecule has 0 aliphatic carbocycles. The first-order valence-electron chi connectivity index (χ1n) is 11.8. The van der Waals surface area contributed by atoms with Gasteiger partial charge in [-0.25, -0.2) is 0 Å². The molecule has 0 spiro atoms. The van der Waals surface area contributed by atoms with Gasteiger partial charge < -0.3 is 25.4 Å². The molecule has 0 saturated carbocycles. The molecule has 9 heteroatoms. The van der Waals surface area contributed by atoms with Crippen LogP contribution in [0.2, 0.25) is 0 Å². The van der Waals surface area contributed by atoms with Gasteiger partial charge in [0.25, 0.3) is 5.91 Å². The first-order valence-corrected chi connectivity index (χ1v) is 11.8. The Morgan fingerprint density at radius 1 is 1.00 bits per heavy atom. The third kappa shape index (κ3) is 8.70. The molecule has 1 heterocycles. The summed E-state index contributed by atoms with van der Waals surface area (Å²) in [6, 6.07) is 12.9. The fraction of sp³-hybridized carbons (Fsp3) is 0.423. The SMILES string of the molecule is CC(=O)Nc1cc(NC(C)=O)cc(C(=O)NCc2cccc(OCCN(C)C3CCOCC3)c2)c1. The summed E-state index contributed by atoms with van der Waals surface area (Å²) in [4.78, 5) is 38.0. The number of rotatable bonds is 10. The van der Waals surface area contributed by atoms with Crippen LogP contribution in [0.5, 0.6) is 5.75 Å². The highest BCUT2D eigenvalue weighted by Gasteiger charge is 2.18. The monoisotopic (exact) mass is 482 g/mol. The molecular formula is C26H34N4O5. The average molecular weight is 483 g/mol. The minimum atomic E-state index is -0.326. The number of carbonyl (C=O) groups is 3. The van der Waals surface area contributed by atoms with Gasteiger partial charge in [-0.15, -0.1) is 0 Å². The third-order valence-corrected chi connectivity index (χ3v) is 5.71. The van der Waals surface area contributed by atoms with E-state index in [1.807, 2.05) is 24.3 Å². The number of nitrogens with one attached hydrogen (secondary N) is 3. The van der Waals surface area contributed by atoms with Gasteiger partial charge in [0, 0.05) is 63.1 Å². The van der Waals surface area contributed by atoms with Gasteiger partial charge in [0.1, 0.15) is 12.4 Å². The second kappa shape index (κ2) is 12.9. The molecule has 0 unspecified atom stereocenters. The number of ether oxygens (including phenoxy) is 2. The molecule has 3 rings (SSSR count). The number of carbonyl (C=O) groups excluding carboxylic acids is 3. The average Bonchev–Trinajstić information content (AvgIpc) is 2.82. The zero-order valence-electron chi connectivity index (χ0n) is 20.6. The van der Waals surface area contributed by atoms with Crippen LogP contribution < -0.4 is 20.7 Å². The fourth-order valence-corrected chi connectivity index (χ4v) is 3.96. The van der Waals surface area contributed by atoms with Crippen LogP contribution in [0.15, 0.2) is 42.5 Å². The first kappa shape index (κ1) is 26.2. The Balaban J connectivity index is 1.55. The molecule has 2 aromatic rings. The van der Waals surface area contributed by atoms with E-state index in [0.29, 0.717) is 36.1 Å². The van der Waals surface area contributed by atoms with Crippen molar-refractivity contribution in [2.75, 3.05) is 44.0 Å². The highest BCUT2D eigenvalue weighted by molar-refractivity contribution is 5.99. The number of amides is 3. The van der Waals surface area contributed by atoms with Gasteiger partial charge >= 0.3 is 0 Å². The standard InChI is InChI=1S/C26H34N4O5/c1-18(31)28-22-14-21(15-23(16-22)29-19(2)32)26(33)27-17-20-5-4-6-25(13-20)35-12-9-30(3)24-7-10-34-11-8-24/h4-6,13-16,24H,7-12,17H2,1-3H3,(H,27,33)(H,28,31)(H,29,32). The summed E-state index contributed by atoms with van der Waals surface area (Å²) in [6.45, 7) is 6.09. The van der Waals surface area contributed by atoms with Gasteiger partial charge in [-0.3, -0.25) is 19.3 Å². The van der Waals surface area contributed by atoms with Crippen molar-refractivity contribution in [3.8, 4) is 5.75 Å². The van der Waals surface area contributed by atoms with E-state index in [1.165, 1.54) is 13.8 Å². The van der Waals surface area contributed by atoms with Gasteiger partial charge in [-0.05, 0) is 55.8 Å². The van der Waals surface area contributed by atoms with E-state index < -0.39 is 0 Å². The quantitative estimate of drug-likeness (QED) is 0.480. The highest BCUT2D eigenvalue weighted by Crippen LogP contribution is 2.20. The van der Waals surface area contributed by atoms with Crippen molar-refractivity contribution in [1.82, 2.24) is 10.2 Å². The van der Waals surface area contributed by atoms with Crippen LogP contribution in [-0.2, 0) is 20.9 Å². The van der Waals surface area contributed by atoms with Crippen molar-refractivity contribution < 1.29 is 23.9 Å². The van der Waals surface area contributed by atoms with Crippen LogP contribution in [0.1, 0.15) is 42.6 Å². The minimum Gasteiger partial charge on any atom is -0.492 e. The summed E-state index contributed by atoms with van der Waals surface area (Å²) >= 11 is 0. The van der Waals surface area contributed by atoms with Crippen molar-refractivity contribution in [3.05, 3.63) is 53.6 Å². The summed E-state index contributed by atoms with van der Waals surface area (Å²) in [5.41, 5.74) is 2.07. The van der Waals surface area contributed by atoms with E-state index in [2.05, 4.69) is 27.9 Å². The van der Waals surface area contributed by atoms with Crippen LogP contribution >= 0.6 is 0 Å². The van der Waals surface area contributed by atoms with Crippen molar-refractivity contribution in [2.45, 2.75) is 39.3 Å². The van der Waals surface area contributed by atoms with Gasteiger partial charge in [0.2, 0.25) is 11.8 Å². The van der Waals surface area contributed by atoms with Crippen molar-refractivity contribution in [1.29, 1.82) is 0 Å². The molecule has 1 aliphatic heterocycles.